The van der Waals surface area contributed by atoms with Gasteiger partial charge in [-0.2, -0.15) is 5.26 Å². The SMILES string of the molecule is N#Cc1ccc(Oc2ccc(F)c(Cl)c2)c(F)c1. The monoisotopic (exact) mass is 265 g/mol. The minimum atomic E-state index is -0.672. The third-order valence-corrected chi connectivity index (χ3v) is 2.47. The zero-order chi connectivity index (χ0) is 13.1. The topological polar surface area (TPSA) is 33.0 Å². The lowest BCUT2D eigenvalue weighted by Crippen LogP contribution is -1.90. The van der Waals surface area contributed by atoms with Crippen LogP contribution in [0, 0.1) is 23.0 Å². The quantitative estimate of drug-likeness (QED) is 0.812. The molecule has 0 atom stereocenters. The van der Waals surface area contributed by atoms with E-state index in [0.717, 1.165) is 12.1 Å². The zero-order valence-corrected chi connectivity index (χ0v) is 9.71. The minimum Gasteiger partial charge on any atom is -0.454 e. The zero-order valence-electron chi connectivity index (χ0n) is 8.95. The van der Waals surface area contributed by atoms with Gasteiger partial charge in [0, 0.05) is 6.07 Å². The molecule has 90 valence electrons. The van der Waals surface area contributed by atoms with Crippen LogP contribution < -0.4 is 4.74 Å². The summed E-state index contributed by atoms with van der Waals surface area (Å²) >= 11 is 5.58. The fraction of sp³-hybridized carbons (Fsp3) is 0. The molecule has 2 nitrogen and oxygen atoms in total. The minimum absolute atomic E-state index is 0.0586. The summed E-state index contributed by atoms with van der Waals surface area (Å²) in [5.41, 5.74) is 0.192. The Labute approximate surface area is 107 Å². The van der Waals surface area contributed by atoms with E-state index >= 15 is 0 Å². The molecule has 0 spiro atoms. The second-order valence-corrected chi connectivity index (χ2v) is 3.84. The maximum atomic E-state index is 13.5. The van der Waals surface area contributed by atoms with Gasteiger partial charge in [-0.25, -0.2) is 8.78 Å². The van der Waals surface area contributed by atoms with Crippen molar-refractivity contribution in [1.82, 2.24) is 0 Å². The van der Waals surface area contributed by atoms with Gasteiger partial charge in [-0.05, 0) is 30.3 Å². The van der Waals surface area contributed by atoms with Crippen LogP contribution in [0.4, 0.5) is 8.78 Å². The molecule has 0 saturated heterocycles. The largest absolute Gasteiger partial charge is 0.454 e. The van der Waals surface area contributed by atoms with Crippen molar-refractivity contribution in [2.45, 2.75) is 0 Å². The first-order chi connectivity index (χ1) is 8.60. The molecular weight excluding hydrogens is 260 g/mol. The summed E-state index contributed by atoms with van der Waals surface area (Å²) in [6.07, 6.45) is 0. The molecule has 0 saturated carbocycles. The van der Waals surface area contributed by atoms with E-state index in [0.29, 0.717) is 0 Å². The first-order valence-electron chi connectivity index (χ1n) is 4.92. The van der Waals surface area contributed by atoms with Crippen molar-refractivity contribution in [3.8, 4) is 17.6 Å². The lowest BCUT2D eigenvalue weighted by Gasteiger charge is -2.07. The Kier molecular flexibility index (Phi) is 3.45. The molecule has 2 rings (SSSR count). The molecule has 0 aliphatic carbocycles. The van der Waals surface area contributed by atoms with Gasteiger partial charge in [0.1, 0.15) is 11.6 Å². The highest BCUT2D eigenvalue weighted by atomic mass is 35.5. The van der Waals surface area contributed by atoms with E-state index in [2.05, 4.69) is 0 Å². The third kappa shape index (κ3) is 2.58. The molecule has 0 bridgehead atoms. The van der Waals surface area contributed by atoms with Crippen molar-refractivity contribution in [3.63, 3.8) is 0 Å². The number of hydrogen-bond acceptors (Lipinski definition) is 2. The summed E-state index contributed by atoms with van der Waals surface area (Å²) in [7, 11) is 0. The fourth-order valence-corrected chi connectivity index (χ4v) is 1.49. The third-order valence-electron chi connectivity index (χ3n) is 2.18. The van der Waals surface area contributed by atoms with Crippen LogP contribution >= 0.6 is 11.6 Å². The molecule has 0 aromatic heterocycles. The molecule has 18 heavy (non-hydrogen) atoms. The summed E-state index contributed by atoms with van der Waals surface area (Å²) < 4.78 is 31.6. The van der Waals surface area contributed by atoms with Gasteiger partial charge in [0.15, 0.2) is 11.6 Å². The van der Waals surface area contributed by atoms with Crippen LogP contribution in [0.25, 0.3) is 0 Å². The second-order valence-electron chi connectivity index (χ2n) is 3.43. The summed E-state index contributed by atoms with van der Waals surface area (Å²) in [6, 6.07) is 9.31. The van der Waals surface area contributed by atoms with E-state index in [4.69, 9.17) is 21.6 Å². The van der Waals surface area contributed by atoms with E-state index in [1.807, 2.05) is 6.07 Å². The van der Waals surface area contributed by atoms with Crippen molar-refractivity contribution >= 4 is 11.6 Å². The van der Waals surface area contributed by atoms with Crippen molar-refractivity contribution in [2.75, 3.05) is 0 Å². The molecule has 0 amide bonds. The van der Waals surface area contributed by atoms with Crippen molar-refractivity contribution in [2.24, 2.45) is 0 Å². The smallest absolute Gasteiger partial charge is 0.167 e. The number of rotatable bonds is 2. The number of benzene rings is 2. The predicted octanol–water partition coefficient (Wildman–Crippen LogP) is 4.28. The van der Waals surface area contributed by atoms with E-state index < -0.39 is 11.6 Å². The molecule has 5 heteroatoms. The Bertz CT molecular complexity index is 637. The summed E-state index contributed by atoms with van der Waals surface area (Å²) in [5.74, 6) is -1.10. The van der Waals surface area contributed by atoms with Gasteiger partial charge in [0.05, 0.1) is 16.7 Å². The predicted molar refractivity (Wildman–Crippen MR) is 62.6 cm³/mol. The first-order valence-corrected chi connectivity index (χ1v) is 5.30. The van der Waals surface area contributed by atoms with Gasteiger partial charge < -0.3 is 4.74 Å². The summed E-state index contributed by atoms with van der Waals surface area (Å²) in [6.45, 7) is 0. The van der Waals surface area contributed by atoms with Crippen LogP contribution in [0.3, 0.4) is 0 Å². The molecular formula is C13H6ClF2NO. The average Bonchev–Trinajstić information content (AvgIpc) is 2.36. The Morgan fingerprint density at radius 3 is 2.44 bits per heavy atom. The molecule has 0 radical (unpaired) electrons. The number of nitrogens with zero attached hydrogens (tertiary/aromatic N) is 1. The summed E-state index contributed by atoms with van der Waals surface area (Å²) in [5, 5.41) is 8.48. The van der Waals surface area contributed by atoms with Crippen LogP contribution in [-0.4, -0.2) is 0 Å². The Hall–Kier alpha value is -2.12. The molecule has 0 unspecified atom stereocenters. The first kappa shape index (κ1) is 12.3. The highest BCUT2D eigenvalue weighted by molar-refractivity contribution is 6.30. The van der Waals surface area contributed by atoms with Gasteiger partial charge in [-0.3, -0.25) is 0 Å². The van der Waals surface area contributed by atoms with Gasteiger partial charge >= 0.3 is 0 Å². The van der Waals surface area contributed by atoms with Gasteiger partial charge in [0.2, 0.25) is 0 Å². The Morgan fingerprint density at radius 1 is 1.06 bits per heavy atom. The van der Waals surface area contributed by atoms with E-state index in [-0.39, 0.29) is 22.1 Å². The van der Waals surface area contributed by atoms with E-state index in [1.165, 1.54) is 24.3 Å². The molecule has 2 aromatic rings. The number of nitriles is 1. The van der Waals surface area contributed by atoms with Crippen LogP contribution in [0.15, 0.2) is 36.4 Å². The van der Waals surface area contributed by atoms with Crippen molar-refractivity contribution in [1.29, 1.82) is 5.26 Å². The number of halogens is 3. The lowest BCUT2D eigenvalue weighted by molar-refractivity contribution is 0.441. The maximum Gasteiger partial charge on any atom is 0.167 e. The fourth-order valence-electron chi connectivity index (χ4n) is 1.32. The van der Waals surface area contributed by atoms with Gasteiger partial charge in [0.25, 0.3) is 0 Å². The highest BCUT2D eigenvalue weighted by Gasteiger charge is 2.07. The number of hydrogen-bond donors (Lipinski definition) is 0. The Balaban J connectivity index is 2.29. The van der Waals surface area contributed by atoms with Gasteiger partial charge in [-0.15, -0.1) is 0 Å². The lowest BCUT2D eigenvalue weighted by atomic mass is 10.2. The molecule has 0 aliphatic rings. The van der Waals surface area contributed by atoms with E-state index in [9.17, 15) is 8.78 Å². The molecule has 0 aliphatic heterocycles. The molecule has 0 heterocycles. The Morgan fingerprint density at radius 2 is 1.83 bits per heavy atom. The maximum absolute atomic E-state index is 13.5. The molecule has 2 aromatic carbocycles. The second kappa shape index (κ2) is 5.03. The van der Waals surface area contributed by atoms with Crippen LogP contribution in [0.5, 0.6) is 11.5 Å². The van der Waals surface area contributed by atoms with Crippen LogP contribution in [0.2, 0.25) is 5.02 Å². The molecule has 0 N–H and O–H groups in total. The molecule has 0 fully saturated rings. The van der Waals surface area contributed by atoms with E-state index in [1.54, 1.807) is 0 Å². The number of ether oxygens (including phenoxy) is 1. The standard InChI is InChI=1S/C13H6ClF2NO/c14-10-6-9(2-3-11(10)15)18-13-4-1-8(7-17)5-12(13)16/h1-6H. The normalized spacial score (nSPS) is 9.89. The van der Waals surface area contributed by atoms with Crippen LogP contribution in [0.1, 0.15) is 5.56 Å². The van der Waals surface area contributed by atoms with Gasteiger partial charge in [-0.1, -0.05) is 11.6 Å². The average molecular weight is 266 g/mol. The van der Waals surface area contributed by atoms with Crippen LogP contribution in [-0.2, 0) is 0 Å². The van der Waals surface area contributed by atoms with Crippen molar-refractivity contribution in [3.05, 3.63) is 58.6 Å². The highest BCUT2D eigenvalue weighted by Crippen LogP contribution is 2.28. The van der Waals surface area contributed by atoms with Crippen molar-refractivity contribution < 1.29 is 13.5 Å². The summed E-state index contributed by atoms with van der Waals surface area (Å²) in [4.78, 5) is 0.